The van der Waals surface area contributed by atoms with Crippen LogP contribution in [0.4, 0.5) is 0 Å². The molecule has 0 fully saturated rings. The van der Waals surface area contributed by atoms with Crippen molar-refractivity contribution in [2.24, 2.45) is 0 Å². The molecule has 1 aliphatic heterocycles. The van der Waals surface area contributed by atoms with Crippen molar-refractivity contribution >= 4 is 16.9 Å². The van der Waals surface area contributed by atoms with E-state index in [1.54, 1.807) is 0 Å². The van der Waals surface area contributed by atoms with Gasteiger partial charge in [-0.1, -0.05) is 41.6 Å². The van der Waals surface area contributed by atoms with E-state index in [9.17, 15) is 4.79 Å². The van der Waals surface area contributed by atoms with Crippen LogP contribution in [0, 0.1) is 0 Å². The van der Waals surface area contributed by atoms with Gasteiger partial charge >= 0.3 is 0 Å². The number of aromatic nitrogens is 1. The molecule has 1 aliphatic rings. The number of benzene rings is 2. The highest BCUT2D eigenvalue weighted by Gasteiger charge is 2.20. The molecule has 0 saturated carbocycles. The Bertz CT molecular complexity index is 872. The third kappa shape index (κ3) is 3.03. The van der Waals surface area contributed by atoms with Crippen molar-refractivity contribution in [3.63, 3.8) is 0 Å². The molecule has 1 aromatic heterocycles. The lowest BCUT2D eigenvalue weighted by Gasteiger charge is -2.25. The van der Waals surface area contributed by atoms with Crippen LogP contribution in [-0.2, 0) is 29.0 Å². The summed E-state index contributed by atoms with van der Waals surface area (Å²) in [4.78, 5) is 12.2. The molecule has 0 aliphatic carbocycles. The fourth-order valence-corrected chi connectivity index (χ4v) is 3.05. The van der Waals surface area contributed by atoms with Crippen molar-refractivity contribution in [2.75, 3.05) is 6.54 Å². The number of fused-ring (bicyclic) bond motifs is 2. The number of amides is 1. The van der Waals surface area contributed by atoms with Crippen molar-refractivity contribution < 1.29 is 14.1 Å². The summed E-state index contributed by atoms with van der Waals surface area (Å²) in [5.74, 6) is -0.0727. The van der Waals surface area contributed by atoms with Gasteiger partial charge < -0.3 is 14.6 Å². The number of para-hydroxylation sites is 1. The van der Waals surface area contributed by atoms with Crippen LogP contribution in [0.15, 0.2) is 53.1 Å². The summed E-state index contributed by atoms with van der Waals surface area (Å²) in [6.07, 6.45) is 1.04. The fraction of sp³-hybridized carbons (Fsp3) is 0.263. The van der Waals surface area contributed by atoms with Crippen LogP contribution in [0.5, 0.6) is 0 Å². The van der Waals surface area contributed by atoms with Crippen molar-refractivity contribution in [1.82, 2.24) is 10.5 Å². The van der Waals surface area contributed by atoms with Gasteiger partial charge in [-0.25, -0.2) is 0 Å². The first-order valence-electron chi connectivity index (χ1n) is 8.08. The van der Waals surface area contributed by atoms with Crippen LogP contribution in [0.3, 0.4) is 0 Å². The van der Waals surface area contributed by atoms with Crippen LogP contribution in [0.25, 0.3) is 11.0 Å². The topological polar surface area (TPSA) is 64.4 Å². The molecule has 4 rings (SSSR count). The van der Waals surface area contributed by atoms with E-state index in [4.69, 9.17) is 9.26 Å². The molecule has 1 N–H and O–H groups in total. The van der Waals surface area contributed by atoms with Gasteiger partial charge in [0.05, 0.1) is 19.1 Å². The van der Waals surface area contributed by atoms with E-state index in [2.05, 4.69) is 22.6 Å². The van der Waals surface area contributed by atoms with Gasteiger partial charge in [0.25, 0.3) is 0 Å². The third-order valence-corrected chi connectivity index (χ3v) is 4.35. The largest absolute Gasteiger partial charge is 0.371 e. The second-order valence-corrected chi connectivity index (χ2v) is 6.01. The van der Waals surface area contributed by atoms with E-state index in [0.29, 0.717) is 24.4 Å². The predicted molar refractivity (Wildman–Crippen MR) is 89.4 cm³/mol. The van der Waals surface area contributed by atoms with E-state index < -0.39 is 0 Å². The van der Waals surface area contributed by atoms with E-state index in [1.165, 1.54) is 11.1 Å². The van der Waals surface area contributed by atoms with Gasteiger partial charge in [0.1, 0.15) is 5.69 Å². The van der Waals surface area contributed by atoms with Crippen molar-refractivity contribution in [1.29, 1.82) is 0 Å². The zero-order valence-corrected chi connectivity index (χ0v) is 13.2. The Morgan fingerprint density at radius 2 is 1.92 bits per heavy atom. The summed E-state index contributed by atoms with van der Waals surface area (Å²) in [6.45, 7) is 1.10. The Labute approximate surface area is 139 Å². The molecule has 5 heteroatoms. The summed E-state index contributed by atoms with van der Waals surface area (Å²) >= 11 is 0. The molecule has 2 heterocycles. The number of nitrogens with one attached hydrogen (secondary N) is 1. The van der Waals surface area contributed by atoms with Gasteiger partial charge in [0, 0.05) is 18.4 Å². The number of hydrogen-bond acceptors (Lipinski definition) is 4. The quantitative estimate of drug-likeness (QED) is 0.802. The van der Waals surface area contributed by atoms with Crippen LogP contribution in [-0.4, -0.2) is 23.7 Å². The van der Waals surface area contributed by atoms with Crippen LogP contribution >= 0.6 is 0 Å². The van der Waals surface area contributed by atoms with Gasteiger partial charge in [0.15, 0.2) is 5.58 Å². The monoisotopic (exact) mass is 322 g/mol. The molecule has 0 saturated heterocycles. The predicted octanol–water partition coefficient (Wildman–Crippen LogP) is 2.63. The Hall–Kier alpha value is -2.66. The standard InChI is InChI=1S/C19H18N2O3/c22-19(10-17-16-7-3-4-8-18(16)24-21-17)20-11-15-9-13-5-1-2-6-14(13)12-23-15/h1-8,15H,9-12H2,(H,20,22). The average Bonchev–Trinajstić information content (AvgIpc) is 3.03. The van der Waals surface area contributed by atoms with Crippen molar-refractivity contribution in [2.45, 2.75) is 25.6 Å². The molecule has 1 atom stereocenters. The highest BCUT2D eigenvalue weighted by molar-refractivity contribution is 5.86. The number of nitrogens with zero attached hydrogens (tertiary/aromatic N) is 1. The molecule has 5 nitrogen and oxygen atoms in total. The van der Waals surface area contributed by atoms with E-state index in [0.717, 1.165) is 11.8 Å². The van der Waals surface area contributed by atoms with Gasteiger partial charge in [-0.05, 0) is 23.3 Å². The highest BCUT2D eigenvalue weighted by Crippen LogP contribution is 2.20. The molecule has 0 bridgehead atoms. The molecule has 24 heavy (non-hydrogen) atoms. The summed E-state index contributed by atoms with van der Waals surface area (Å²) < 4.78 is 11.0. The van der Waals surface area contributed by atoms with Gasteiger partial charge in [-0.15, -0.1) is 0 Å². The number of carbonyl (C=O) groups excluding carboxylic acids is 1. The van der Waals surface area contributed by atoms with E-state index in [-0.39, 0.29) is 18.4 Å². The highest BCUT2D eigenvalue weighted by atomic mass is 16.5. The van der Waals surface area contributed by atoms with Gasteiger partial charge in [-0.3, -0.25) is 4.79 Å². The average molecular weight is 322 g/mol. The normalized spacial score (nSPS) is 16.8. The summed E-state index contributed by atoms with van der Waals surface area (Å²) in [5, 5.41) is 7.82. The second kappa shape index (κ2) is 6.45. The zero-order valence-electron chi connectivity index (χ0n) is 13.2. The smallest absolute Gasteiger partial charge is 0.226 e. The van der Waals surface area contributed by atoms with Crippen molar-refractivity contribution in [3.05, 3.63) is 65.4 Å². The lowest BCUT2D eigenvalue weighted by Crippen LogP contribution is -2.37. The Balaban J connectivity index is 1.34. The van der Waals surface area contributed by atoms with Crippen LogP contribution < -0.4 is 5.32 Å². The minimum Gasteiger partial charge on any atom is -0.371 e. The molecule has 2 aromatic carbocycles. The fourth-order valence-electron chi connectivity index (χ4n) is 3.05. The number of hydrogen-bond donors (Lipinski definition) is 1. The molecular weight excluding hydrogens is 304 g/mol. The number of carbonyl (C=O) groups is 1. The summed E-state index contributed by atoms with van der Waals surface area (Å²) in [7, 11) is 0. The maximum atomic E-state index is 12.2. The molecule has 122 valence electrons. The minimum absolute atomic E-state index is 0.0119. The maximum absolute atomic E-state index is 12.2. The molecule has 0 spiro atoms. The lowest BCUT2D eigenvalue weighted by atomic mass is 9.99. The first kappa shape index (κ1) is 14.9. The number of ether oxygens (including phenoxy) is 1. The van der Waals surface area contributed by atoms with Gasteiger partial charge in [0.2, 0.25) is 5.91 Å². The number of rotatable bonds is 4. The van der Waals surface area contributed by atoms with E-state index in [1.807, 2.05) is 36.4 Å². The molecule has 3 aromatic rings. The Kier molecular flexibility index (Phi) is 4.01. The first-order chi connectivity index (χ1) is 11.8. The molecule has 1 amide bonds. The summed E-state index contributed by atoms with van der Waals surface area (Å²) in [5.41, 5.74) is 3.89. The van der Waals surface area contributed by atoms with Crippen LogP contribution in [0.2, 0.25) is 0 Å². The summed E-state index contributed by atoms with van der Waals surface area (Å²) in [6, 6.07) is 15.8. The maximum Gasteiger partial charge on any atom is 0.226 e. The molecular formula is C19H18N2O3. The van der Waals surface area contributed by atoms with Gasteiger partial charge in [-0.2, -0.15) is 0 Å². The lowest BCUT2D eigenvalue weighted by molar-refractivity contribution is -0.121. The second-order valence-electron chi connectivity index (χ2n) is 6.01. The van der Waals surface area contributed by atoms with E-state index >= 15 is 0 Å². The molecule has 1 unspecified atom stereocenters. The zero-order chi connectivity index (χ0) is 16.4. The minimum atomic E-state index is -0.0727. The Morgan fingerprint density at radius 1 is 1.12 bits per heavy atom. The molecule has 0 radical (unpaired) electrons. The third-order valence-electron chi connectivity index (χ3n) is 4.35. The van der Waals surface area contributed by atoms with Crippen LogP contribution in [0.1, 0.15) is 16.8 Å². The Morgan fingerprint density at radius 3 is 2.83 bits per heavy atom. The van der Waals surface area contributed by atoms with Crippen molar-refractivity contribution in [3.8, 4) is 0 Å². The first-order valence-corrected chi connectivity index (χ1v) is 8.08. The SMILES string of the molecule is O=C(Cc1noc2ccccc12)NCC1Cc2ccccc2CO1.